The molecule has 0 aliphatic heterocycles. The number of nitrogens with one attached hydrogen (secondary N) is 1. The summed E-state index contributed by atoms with van der Waals surface area (Å²) in [4.78, 5) is 12.2. The number of amides is 1. The molecule has 1 aliphatic rings. The van der Waals surface area contributed by atoms with Gasteiger partial charge in [0.15, 0.2) is 0 Å². The predicted octanol–water partition coefficient (Wildman–Crippen LogP) is 2.82. The number of hydrogen-bond donors (Lipinski definition) is 2. The molecule has 0 saturated heterocycles. The Bertz CT molecular complexity index is 422. The van der Waals surface area contributed by atoms with Gasteiger partial charge in [-0.3, -0.25) is 4.79 Å². The fraction of sp³-hybridized carbons (Fsp3) is 0.533. The molecule has 4 nitrogen and oxygen atoms in total. The molecular formula is C15H23ClN2O2. The van der Waals surface area contributed by atoms with E-state index in [-0.39, 0.29) is 24.2 Å². The summed E-state index contributed by atoms with van der Waals surface area (Å²) in [6, 6.07) is 7.48. The predicted molar refractivity (Wildman–Crippen MR) is 83.4 cm³/mol. The molecule has 5 heteroatoms. The first-order valence-electron chi connectivity index (χ1n) is 6.98. The third-order valence-electron chi connectivity index (χ3n) is 3.73. The average molecular weight is 299 g/mol. The van der Waals surface area contributed by atoms with Crippen LogP contribution in [0.1, 0.15) is 26.2 Å². The molecule has 2 atom stereocenters. The van der Waals surface area contributed by atoms with Crippen LogP contribution in [0, 0.1) is 11.8 Å². The highest BCUT2D eigenvalue weighted by Gasteiger charge is 2.31. The van der Waals surface area contributed by atoms with Gasteiger partial charge in [-0.05, 0) is 56.5 Å². The largest absolute Gasteiger partial charge is 0.494 e. The third-order valence-corrected chi connectivity index (χ3v) is 3.73. The Kier molecular flexibility index (Phi) is 6.82. The van der Waals surface area contributed by atoms with Crippen LogP contribution >= 0.6 is 12.4 Å². The van der Waals surface area contributed by atoms with Crippen LogP contribution in [0.4, 0.5) is 5.69 Å². The first kappa shape index (κ1) is 16.8. The monoisotopic (exact) mass is 298 g/mol. The van der Waals surface area contributed by atoms with E-state index in [1.54, 1.807) is 0 Å². The average Bonchev–Trinajstić information content (AvgIpc) is 2.90. The number of carbonyl (C=O) groups is 1. The molecule has 1 aromatic rings. The van der Waals surface area contributed by atoms with Crippen LogP contribution in [0.3, 0.4) is 0 Å². The van der Waals surface area contributed by atoms with Crippen LogP contribution in [0.25, 0.3) is 0 Å². The van der Waals surface area contributed by atoms with Gasteiger partial charge < -0.3 is 15.8 Å². The topological polar surface area (TPSA) is 64.3 Å². The van der Waals surface area contributed by atoms with Gasteiger partial charge in [0.1, 0.15) is 5.75 Å². The molecule has 1 amide bonds. The molecule has 20 heavy (non-hydrogen) atoms. The van der Waals surface area contributed by atoms with E-state index in [1.807, 2.05) is 31.2 Å². The number of anilines is 1. The summed E-state index contributed by atoms with van der Waals surface area (Å²) in [6.07, 6.45) is 3.12. The van der Waals surface area contributed by atoms with Crippen LogP contribution in [-0.4, -0.2) is 19.1 Å². The van der Waals surface area contributed by atoms with E-state index in [4.69, 9.17) is 10.5 Å². The van der Waals surface area contributed by atoms with Crippen molar-refractivity contribution in [2.45, 2.75) is 26.2 Å². The fourth-order valence-electron chi connectivity index (χ4n) is 2.70. The number of hydrogen-bond acceptors (Lipinski definition) is 3. The van der Waals surface area contributed by atoms with Gasteiger partial charge in [-0.1, -0.05) is 6.42 Å². The molecule has 1 aromatic carbocycles. The Morgan fingerprint density at radius 3 is 2.65 bits per heavy atom. The Morgan fingerprint density at radius 2 is 2.05 bits per heavy atom. The van der Waals surface area contributed by atoms with E-state index in [0.29, 0.717) is 19.1 Å². The molecule has 0 spiro atoms. The minimum atomic E-state index is 0. The van der Waals surface area contributed by atoms with Gasteiger partial charge in [0.25, 0.3) is 0 Å². The van der Waals surface area contributed by atoms with Crippen LogP contribution in [0.2, 0.25) is 0 Å². The molecule has 0 radical (unpaired) electrons. The zero-order valence-corrected chi connectivity index (χ0v) is 12.6. The standard InChI is InChI=1S/C15H22N2O2.ClH/c1-2-19-13-8-6-12(7-9-13)17-15(18)14-5-3-4-11(14)10-16;/h6-9,11,14H,2-5,10,16H2,1H3,(H,17,18);1H/t11-,14-;/m1./s1. The Hall–Kier alpha value is -1.26. The molecule has 3 N–H and O–H groups in total. The maximum absolute atomic E-state index is 12.2. The zero-order chi connectivity index (χ0) is 13.7. The van der Waals surface area contributed by atoms with Gasteiger partial charge >= 0.3 is 0 Å². The SMILES string of the molecule is CCOc1ccc(NC(=O)[C@@H]2CCC[C@@H]2CN)cc1.Cl. The molecular weight excluding hydrogens is 276 g/mol. The van der Waals surface area contributed by atoms with Crippen molar-refractivity contribution in [1.82, 2.24) is 0 Å². The third kappa shape index (κ3) is 4.12. The van der Waals surface area contributed by atoms with Crippen molar-refractivity contribution in [3.63, 3.8) is 0 Å². The maximum Gasteiger partial charge on any atom is 0.227 e. The minimum absolute atomic E-state index is 0. The van der Waals surface area contributed by atoms with Crippen molar-refractivity contribution < 1.29 is 9.53 Å². The molecule has 112 valence electrons. The Balaban J connectivity index is 0.00000200. The molecule has 2 rings (SSSR count). The highest BCUT2D eigenvalue weighted by atomic mass is 35.5. The van der Waals surface area contributed by atoms with Crippen molar-refractivity contribution in [3.8, 4) is 5.75 Å². The molecule has 1 saturated carbocycles. The second kappa shape index (κ2) is 8.12. The number of ether oxygens (including phenoxy) is 1. The van der Waals surface area contributed by atoms with Crippen LogP contribution < -0.4 is 15.8 Å². The smallest absolute Gasteiger partial charge is 0.227 e. The number of nitrogens with two attached hydrogens (primary N) is 1. The number of carbonyl (C=O) groups excluding carboxylic acids is 1. The molecule has 1 fully saturated rings. The summed E-state index contributed by atoms with van der Waals surface area (Å²) >= 11 is 0. The molecule has 1 aliphatic carbocycles. The molecule has 0 aromatic heterocycles. The summed E-state index contributed by atoms with van der Waals surface area (Å²) in [6.45, 7) is 3.19. The van der Waals surface area contributed by atoms with Crippen molar-refractivity contribution in [1.29, 1.82) is 0 Å². The first-order valence-corrected chi connectivity index (χ1v) is 6.98. The Labute approximate surface area is 126 Å². The van der Waals surface area contributed by atoms with Crippen LogP contribution in [-0.2, 0) is 4.79 Å². The van der Waals surface area contributed by atoms with Gasteiger partial charge in [-0.15, -0.1) is 12.4 Å². The van der Waals surface area contributed by atoms with Crippen LogP contribution in [0.5, 0.6) is 5.75 Å². The van der Waals surface area contributed by atoms with E-state index in [2.05, 4.69) is 5.32 Å². The van der Waals surface area contributed by atoms with Crippen molar-refractivity contribution in [3.05, 3.63) is 24.3 Å². The van der Waals surface area contributed by atoms with Gasteiger partial charge in [-0.25, -0.2) is 0 Å². The van der Waals surface area contributed by atoms with Gasteiger partial charge in [0.05, 0.1) is 6.61 Å². The van der Waals surface area contributed by atoms with Gasteiger partial charge in [0.2, 0.25) is 5.91 Å². The Morgan fingerprint density at radius 1 is 1.35 bits per heavy atom. The fourth-order valence-corrected chi connectivity index (χ4v) is 2.70. The van der Waals surface area contributed by atoms with Crippen molar-refractivity contribution in [2.75, 3.05) is 18.5 Å². The van der Waals surface area contributed by atoms with Crippen molar-refractivity contribution in [2.24, 2.45) is 17.6 Å². The van der Waals surface area contributed by atoms with Crippen LogP contribution in [0.15, 0.2) is 24.3 Å². The second-order valence-corrected chi connectivity index (χ2v) is 4.98. The summed E-state index contributed by atoms with van der Waals surface area (Å²) in [5.41, 5.74) is 6.53. The lowest BCUT2D eigenvalue weighted by atomic mass is 9.95. The lowest BCUT2D eigenvalue weighted by Gasteiger charge is -2.17. The van der Waals surface area contributed by atoms with E-state index in [9.17, 15) is 4.79 Å². The molecule has 0 bridgehead atoms. The van der Waals surface area contributed by atoms with Gasteiger partial charge in [0, 0.05) is 11.6 Å². The first-order chi connectivity index (χ1) is 9.24. The van der Waals surface area contributed by atoms with E-state index >= 15 is 0 Å². The summed E-state index contributed by atoms with van der Waals surface area (Å²) in [5, 5.41) is 2.97. The highest BCUT2D eigenvalue weighted by Crippen LogP contribution is 2.31. The van der Waals surface area contributed by atoms with E-state index in [0.717, 1.165) is 30.7 Å². The normalized spacial score (nSPS) is 21.1. The number of halogens is 1. The van der Waals surface area contributed by atoms with Gasteiger partial charge in [-0.2, -0.15) is 0 Å². The summed E-state index contributed by atoms with van der Waals surface area (Å²) in [7, 11) is 0. The summed E-state index contributed by atoms with van der Waals surface area (Å²) < 4.78 is 5.37. The quantitative estimate of drug-likeness (QED) is 0.878. The second-order valence-electron chi connectivity index (χ2n) is 4.98. The van der Waals surface area contributed by atoms with E-state index < -0.39 is 0 Å². The lowest BCUT2D eigenvalue weighted by molar-refractivity contribution is -0.120. The molecule has 0 heterocycles. The zero-order valence-electron chi connectivity index (χ0n) is 11.8. The van der Waals surface area contributed by atoms with Crippen molar-refractivity contribution >= 4 is 24.0 Å². The highest BCUT2D eigenvalue weighted by molar-refractivity contribution is 5.93. The molecule has 0 unspecified atom stereocenters. The minimum Gasteiger partial charge on any atom is -0.494 e. The number of rotatable bonds is 5. The lowest BCUT2D eigenvalue weighted by Crippen LogP contribution is -2.29. The number of benzene rings is 1. The van der Waals surface area contributed by atoms with E-state index in [1.165, 1.54) is 0 Å². The summed E-state index contributed by atoms with van der Waals surface area (Å²) in [5.74, 6) is 1.32. The maximum atomic E-state index is 12.2.